The van der Waals surface area contributed by atoms with E-state index in [1.165, 1.54) is 12.1 Å². The van der Waals surface area contributed by atoms with Gasteiger partial charge in [-0.3, -0.25) is 0 Å². The van der Waals surface area contributed by atoms with Gasteiger partial charge in [-0.2, -0.15) is 0 Å². The van der Waals surface area contributed by atoms with Crippen molar-refractivity contribution in [2.24, 2.45) is 0 Å². The summed E-state index contributed by atoms with van der Waals surface area (Å²) in [6, 6.07) is 14.0. The summed E-state index contributed by atoms with van der Waals surface area (Å²) in [5, 5.41) is 11.7. The second-order valence-corrected chi connectivity index (χ2v) is 6.66. The highest BCUT2D eigenvalue weighted by Gasteiger charge is 2.14. The third-order valence-corrected chi connectivity index (χ3v) is 4.12. The first kappa shape index (κ1) is 23.3. The van der Waals surface area contributed by atoms with E-state index in [0.29, 0.717) is 12.1 Å². The van der Waals surface area contributed by atoms with E-state index in [0.717, 1.165) is 28.7 Å². The lowest BCUT2D eigenvalue weighted by Crippen LogP contribution is -2.11. The first-order valence-corrected chi connectivity index (χ1v) is 9.27. The van der Waals surface area contributed by atoms with Crippen LogP contribution >= 0.6 is 12.6 Å². The summed E-state index contributed by atoms with van der Waals surface area (Å²) in [6.07, 6.45) is 0. The number of rotatable bonds is 6. The molecule has 0 unspecified atom stereocenters. The fraction of sp³-hybridized carbons (Fsp3) is 0.136. The molecule has 0 aromatic heterocycles. The molecule has 158 valence electrons. The number of thiol groups is 1. The molecule has 0 atom stereocenters. The topological polar surface area (TPSA) is 58.6 Å². The fourth-order valence-corrected chi connectivity index (χ4v) is 2.66. The number of carbonyl (C=O) groups is 1. The Morgan fingerprint density at radius 2 is 1.63 bits per heavy atom. The van der Waals surface area contributed by atoms with Gasteiger partial charge in [0, 0.05) is 22.6 Å². The Bertz CT molecular complexity index is 976. The molecule has 0 fully saturated rings. The summed E-state index contributed by atoms with van der Waals surface area (Å²) in [5.41, 5.74) is 1.17. The van der Waals surface area contributed by atoms with Crippen LogP contribution in [-0.4, -0.2) is 24.7 Å². The molecule has 0 saturated carbocycles. The Morgan fingerprint density at radius 3 is 2.23 bits per heavy atom. The van der Waals surface area contributed by atoms with E-state index in [1.54, 1.807) is 37.4 Å². The van der Waals surface area contributed by atoms with E-state index in [2.05, 4.69) is 17.9 Å². The lowest BCUT2D eigenvalue weighted by Gasteiger charge is -2.13. The van der Waals surface area contributed by atoms with Gasteiger partial charge in [0.25, 0.3) is 0 Å². The lowest BCUT2D eigenvalue weighted by molar-refractivity contribution is -0.139. The van der Waals surface area contributed by atoms with Crippen LogP contribution in [-0.2, 0) is 11.3 Å². The highest BCUT2D eigenvalue weighted by Crippen LogP contribution is 2.33. The van der Waals surface area contributed by atoms with Gasteiger partial charge in [0.1, 0.15) is 23.2 Å². The van der Waals surface area contributed by atoms with Gasteiger partial charge in [-0.25, -0.2) is 18.0 Å². The van der Waals surface area contributed by atoms with Crippen LogP contribution in [0.1, 0.15) is 5.56 Å². The van der Waals surface area contributed by atoms with E-state index in [4.69, 9.17) is 9.84 Å². The van der Waals surface area contributed by atoms with Crippen molar-refractivity contribution >= 4 is 18.6 Å². The monoisotopic (exact) mass is 435 g/mol. The van der Waals surface area contributed by atoms with Crippen molar-refractivity contribution in [3.05, 3.63) is 83.7 Å². The van der Waals surface area contributed by atoms with Crippen LogP contribution in [0.5, 0.6) is 5.75 Å². The first-order chi connectivity index (χ1) is 14.3. The van der Waals surface area contributed by atoms with Crippen molar-refractivity contribution in [3.8, 4) is 16.9 Å². The van der Waals surface area contributed by atoms with Crippen molar-refractivity contribution in [1.29, 1.82) is 0 Å². The molecular formula is C22H20F3NO3S. The molecule has 30 heavy (non-hydrogen) atoms. The molecule has 0 aliphatic heterocycles. The van der Waals surface area contributed by atoms with Crippen LogP contribution in [0, 0.1) is 17.5 Å². The molecule has 3 aromatic rings. The molecule has 0 aliphatic rings. The number of ether oxygens (including phenoxy) is 1. The number of nitrogens with one attached hydrogen (secondary N) is 1. The van der Waals surface area contributed by atoms with E-state index in [9.17, 15) is 18.0 Å². The molecule has 2 N–H and O–H groups in total. The minimum atomic E-state index is -1.15. The largest absolute Gasteiger partial charge is 0.481 e. The van der Waals surface area contributed by atoms with Crippen molar-refractivity contribution in [2.75, 3.05) is 13.7 Å². The quantitative estimate of drug-likeness (QED) is 0.481. The summed E-state index contributed by atoms with van der Waals surface area (Å²) >= 11 is 3.97. The molecule has 3 rings (SSSR count). The number of hydrogen-bond donors (Lipinski definition) is 3. The third-order valence-electron chi connectivity index (χ3n) is 3.82. The third kappa shape index (κ3) is 7.13. The van der Waals surface area contributed by atoms with Gasteiger partial charge in [-0.15, -0.1) is 12.6 Å². The highest BCUT2D eigenvalue weighted by molar-refractivity contribution is 7.80. The van der Waals surface area contributed by atoms with Crippen LogP contribution in [0.3, 0.4) is 0 Å². The van der Waals surface area contributed by atoms with Gasteiger partial charge in [0.2, 0.25) is 0 Å². The average Bonchev–Trinajstić information content (AvgIpc) is 2.71. The van der Waals surface area contributed by atoms with Crippen molar-refractivity contribution in [1.82, 2.24) is 5.32 Å². The fourth-order valence-electron chi connectivity index (χ4n) is 2.51. The number of halogens is 3. The summed E-state index contributed by atoms with van der Waals surface area (Å²) < 4.78 is 44.6. The zero-order chi connectivity index (χ0) is 22.1. The predicted molar refractivity (Wildman–Crippen MR) is 111 cm³/mol. The maximum absolute atomic E-state index is 14.0. The molecule has 0 spiro atoms. The van der Waals surface area contributed by atoms with Crippen LogP contribution in [0.25, 0.3) is 11.1 Å². The second-order valence-electron chi connectivity index (χ2n) is 6.14. The van der Waals surface area contributed by atoms with Crippen molar-refractivity contribution in [2.45, 2.75) is 11.4 Å². The zero-order valence-electron chi connectivity index (χ0n) is 16.0. The maximum Gasteiger partial charge on any atom is 0.341 e. The molecule has 0 aliphatic carbocycles. The Kier molecular flexibility index (Phi) is 8.76. The number of carboxylic acids is 1. The molecule has 0 bridgehead atoms. The highest BCUT2D eigenvalue weighted by atomic mass is 32.1. The molecule has 3 aromatic carbocycles. The minimum absolute atomic E-state index is 0.0262. The summed E-state index contributed by atoms with van der Waals surface area (Å²) in [5.74, 6) is -2.37. The minimum Gasteiger partial charge on any atom is -0.481 e. The molecule has 4 nitrogen and oxygen atoms in total. The number of hydrogen-bond acceptors (Lipinski definition) is 4. The molecule has 0 saturated heterocycles. The van der Waals surface area contributed by atoms with E-state index >= 15 is 0 Å². The predicted octanol–water partition coefficient (Wildman–Crippen LogP) is 4.93. The van der Waals surface area contributed by atoms with Gasteiger partial charge in [-0.1, -0.05) is 6.07 Å². The summed E-state index contributed by atoms with van der Waals surface area (Å²) in [4.78, 5) is 11.4. The number of aliphatic carboxylic acids is 1. The van der Waals surface area contributed by atoms with Gasteiger partial charge in [0.05, 0.1) is 0 Å². The summed E-state index contributed by atoms with van der Waals surface area (Å²) in [6.45, 7) is -0.0293. The molecular weight excluding hydrogens is 415 g/mol. The SMILES string of the molecule is CNCc1ccc(OCC(=O)O)c(-c2cc(F)ccc2F)c1.Fc1ccc(S)cc1. The number of benzene rings is 3. The Labute approximate surface area is 177 Å². The standard InChI is InChI=1S/C16H15F2NO3.C6H5FS/c1-19-8-10-2-5-15(22-9-16(20)21)13(6-10)12-7-11(17)3-4-14(12)18;7-5-1-3-6(8)4-2-5/h2-7,19H,8-9H2,1H3,(H,20,21);1-4,8H. The summed E-state index contributed by atoms with van der Waals surface area (Å²) in [7, 11) is 1.76. The Balaban J connectivity index is 0.000000335. The van der Waals surface area contributed by atoms with E-state index in [-0.39, 0.29) is 17.1 Å². The molecule has 0 radical (unpaired) electrons. The van der Waals surface area contributed by atoms with Crippen molar-refractivity contribution < 1.29 is 27.8 Å². The number of carboxylic acid groups (broad SMARTS) is 1. The van der Waals surface area contributed by atoms with Crippen molar-refractivity contribution in [3.63, 3.8) is 0 Å². The first-order valence-electron chi connectivity index (χ1n) is 8.82. The van der Waals surface area contributed by atoms with E-state index in [1.807, 2.05) is 0 Å². The zero-order valence-corrected chi connectivity index (χ0v) is 16.9. The second kappa shape index (κ2) is 11.3. The van der Waals surface area contributed by atoms with Crippen LogP contribution < -0.4 is 10.1 Å². The molecule has 0 amide bonds. The van der Waals surface area contributed by atoms with E-state index < -0.39 is 24.2 Å². The van der Waals surface area contributed by atoms with Gasteiger partial charge in [0.15, 0.2) is 6.61 Å². The Morgan fingerprint density at radius 1 is 0.967 bits per heavy atom. The molecule has 8 heteroatoms. The van der Waals surface area contributed by atoms with Crippen LogP contribution in [0.15, 0.2) is 65.6 Å². The Hall–Kier alpha value is -2.97. The van der Waals surface area contributed by atoms with Gasteiger partial charge < -0.3 is 15.2 Å². The van der Waals surface area contributed by atoms with Gasteiger partial charge in [-0.05, 0) is 67.2 Å². The lowest BCUT2D eigenvalue weighted by atomic mass is 10.0. The van der Waals surface area contributed by atoms with Gasteiger partial charge >= 0.3 is 5.97 Å². The van der Waals surface area contributed by atoms with Crippen LogP contribution in [0.4, 0.5) is 13.2 Å². The molecule has 0 heterocycles. The normalized spacial score (nSPS) is 10.2. The van der Waals surface area contributed by atoms with Crippen LogP contribution in [0.2, 0.25) is 0 Å². The average molecular weight is 435 g/mol. The maximum atomic E-state index is 14.0. The smallest absolute Gasteiger partial charge is 0.341 e.